The highest BCUT2D eigenvalue weighted by molar-refractivity contribution is 7.14. The van der Waals surface area contributed by atoms with Crippen LogP contribution in [0.15, 0.2) is 51.7 Å². The number of esters is 1. The maximum Gasteiger partial charge on any atom is 0.351 e. The molecular formula is C18H13N3O3S2. The molecule has 0 aliphatic carbocycles. The fraction of sp³-hybridized carbons (Fsp3) is 0.111. The number of carbonyl (C=O) groups is 1. The number of nitrogens with zero attached hydrogens (tertiary/aromatic N) is 3. The second-order valence-corrected chi connectivity index (χ2v) is 7.36. The molecule has 130 valence electrons. The van der Waals surface area contributed by atoms with Crippen molar-refractivity contribution in [2.24, 2.45) is 0 Å². The summed E-state index contributed by atoms with van der Waals surface area (Å²) in [5.41, 5.74) is 2.38. The van der Waals surface area contributed by atoms with E-state index < -0.39 is 5.97 Å². The van der Waals surface area contributed by atoms with Crippen LogP contribution < -0.4 is 0 Å². The van der Waals surface area contributed by atoms with Gasteiger partial charge in [0.05, 0.1) is 10.7 Å². The molecule has 0 saturated heterocycles. The van der Waals surface area contributed by atoms with E-state index in [9.17, 15) is 4.79 Å². The first kappa shape index (κ1) is 16.6. The van der Waals surface area contributed by atoms with Crippen LogP contribution in [0.1, 0.15) is 20.6 Å². The number of aromatic nitrogens is 3. The lowest BCUT2D eigenvalue weighted by atomic mass is 10.1. The van der Waals surface area contributed by atoms with E-state index in [4.69, 9.17) is 9.26 Å². The molecule has 1 aromatic carbocycles. The van der Waals surface area contributed by atoms with Crippen molar-refractivity contribution in [1.29, 1.82) is 0 Å². The van der Waals surface area contributed by atoms with Gasteiger partial charge in [0.2, 0.25) is 5.82 Å². The summed E-state index contributed by atoms with van der Waals surface area (Å²) in [6.07, 6.45) is 0. The van der Waals surface area contributed by atoms with Crippen molar-refractivity contribution in [1.82, 2.24) is 15.1 Å². The molecule has 0 saturated carbocycles. The maximum absolute atomic E-state index is 12.5. The molecule has 4 aromatic rings. The predicted molar refractivity (Wildman–Crippen MR) is 99.0 cm³/mol. The van der Waals surface area contributed by atoms with Gasteiger partial charge in [0.25, 0.3) is 5.89 Å². The summed E-state index contributed by atoms with van der Waals surface area (Å²) in [4.78, 5) is 21.7. The van der Waals surface area contributed by atoms with Crippen LogP contribution >= 0.6 is 22.7 Å². The Labute approximate surface area is 157 Å². The monoisotopic (exact) mass is 383 g/mol. The van der Waals surface area contributed by atoms with Crippen LogP contribution in [0, 0.1) is 6.92 Å². The first-order valence-electron chi connectivity index (χ1n) is 7.76. The highest BCUT2D eigenvalue weighted by atomic mass is 32.1. The van der Waals surface area contributed by atoms with E-state index in [2.05, 4.69) is 15.1 Å². The van der Waals surface area contributed by atoms with Gasteiger partial charge in [-0.15, -0.1) is 11.3 Å². The zero-order valence-electron chi connectivity index (χ0n) is 13.7. The number of hydrogen-bond acceptors (Lipinski definition) is 8. The smallest absolute Gasteiger partial charge is 0.351 e. The first-order chi connectivity index (χ1) is 12.7. The van der Waals surface area contributed by atoms with E-state index in [0.29, 0.717) is 16.4 Å². The van der Waals surface area contributed by atoms with E-state index in [1.54, 1.807) is 11.3 Å². The average Bonchev–Trinajstić information content (AvgIpc) is 3.40. The third-order valence-corrected chi connectivity index (χ3v) is 5.17. The van der Waals surface area contributed by atoms with Gasteiger partial charge in [0, 0.05) is 16.5 Å². The number of rotatable bonds is 5. The second-order valence-electron chi connectivity index (χ2n) is 5.38. The molecule has 3 heterocycles. The molecule has 0 bridgehead atoms. The van der Waals surface area contributed by atoms with Crippen molar-refractivity contribution >= 4 is 28.6 Å². The zero-order valence-corrected chi connectivity index (χ0v) is 15.3. The third-order valence-electron chi connectivity index (χ3n) is 3.54. The molecule has 3 aromatic heterocycles. The lowest BCUT2D eigenvalue weighted by Gasteiger charge is -2.02. The molecule has 8 heteroatoms. The van der Waals surface area contributed by atoms with Gasteiger partial charge in [-0.05, 0) is 18.4 Å². The molecule has 0 aliphatic heterocycles. The summed E-state index contributed by atoms with van der Waals surface area (Å²) in [6.45, 7) is 1.78. The van der Waals surface area contributed by atoms with Gasteiger partial charge in [-0.2, -0.15) is 16.3 Å². The minimum absolute atomic E-state index is 0.0822. The SMILES string of the molecule is Cc1nc(-c2ccccc2)c(C(=O)OCc2nc(-c3ccsc3)no2)s1. The van der Waals surface area contributed by atoms with E-state index in [0.717, 1.165) is 16.1 Å². The van der Waals surface area contributed by atoms with Crippen molar-refractivity contribution in [3.63, 3.8) is 0 Å². The van der Waals surface area contributed by atoms with Gasteiger partial charge in [-0.25, -0.2) is 9.78 Å². The molecule has 26 heavy (non-hydrogen) atoms. The maximum atomic E-state index is 12.5. The minimum Gasteiger partial charge on any atom is -0.451 e. The second kappa shape index (κ2) is 7.19. The number of aryl methyl sites for hydroxylation is 1. The van der Waals surface area contributed by atoms with Crippen LogP contribution in [0.5, 0.6) is 0 Å². The zero-order chi connectivity index (χ0) is 17.9. The molecular weight excluding hydrogens is 370 g/mol. The number of carbonyl (C=O) groups excluding carboxylic acids is 1. The summed E-state index contributed by atoms with van der Waals surface area (Å²) in [7, 11) is 0. The lowest BCUT2D eigenvalue weighted by Crippen LogP contribution is -2.05. The molecule has 0 unspecified atom stereocenters. The van der Waals surface area contributed by atoms with Crippen molar-refractivity contribution in [3.05, 3.63) is 62.9 Å². The van der Waals surface area contributed by atoms with Gasteiger partial charge < -0.3 is 9.26 Å². The number of hydrogen-bond donors (Lipinski definition) is 0. The van der Waals surface area contributed by atoms with Crippen molar-refractivity contribution in [2.75, 3.05) is 0 Å². The third kappa shape index (κ3) is 3.42. The topological polar surface area (TPSA) is 78.1 Å². The molecule has 6 nitrogen and oxygen atoms in total. The Morgan fingerprint density at radius 2 is 2.00 bits per heavy atom. The van der Waals surface area contributed by atoms with Crippen LogP contribution in [0.25, 0.3) is 22.6 Å². The number of benzene rings is 1. The Morgan fingerprint density at radius 1 is 1.15 bits per heavy atom. The molecule has 0 atom stereocenters. The van der Waals surface area contributed by atoms with E-state index in [1.807, 2.05) is 54.1 Å². The summed E-state index contributed by atoms with van der Waals surface area (Å²) in [5.74, 6) is 0.280. The summed E-state index contributed by atoms with van der Waals surface area (Å²) in [6, 6.07) is 11.5. The molecule has 0 aliphatic rings. The molecule has 0 radical (unpaired) electrons. The van der Waals surface area contributed by atoms with Gasteiger partial charge in [0.1, 0.15) is 4.88 Å². The van der Waals surface area contributed by atoms with Crippen LogP contribution in [-0.2, 0) is 11.3 Å². The Bertz CT molecular complexity index is 1020. The Kier molecular flexibility index (Phi) is 4.59. The first-order valence-corrected chi connectivity index (χ1v) is 9.52. The number of thiazole rings is 1. The normalized spacial score (nSPS) is 10.8. The minimum atomic E-state index is -0.454. The molecule has 0 amide bonds. The standard InChI is InChI=1S/C18H13N3O3S2/c1-11-19-15(12-5-3-2-4-6-12)16(26-11)18(22)23-9-14-20-17(21-24-14)13-7-8-25-10-13/h2-8,10H,9H2,1H3. The Hall–Kier alpha value is -2.84. The quantitative estimate of drug-likeness (QED) is 0.469. The molecule has 0 spiro atoms. The highest BCUT2D eigenvalue weighted by Gasteiger charge is 2.20. The van der Waals surface area contributed by atoms with Crippen molar-refractivity contribution in [2.45, 2.75) is 13.5 Å². The Balaban J connectivity index is 1.49. The molecule has 0 fully saturated rings. The fourth-order valence-electron chi connectivity index (χ4n) is 2.37. The fourth-order valence-corrected chi connectivity index (χ4v) is 3.84. The molecule has 4 rings (SSSR count). The van der Waals surface area contributed by atoms with Gasteiger partial charge in [-0.1, -0.05) is 35.5 Å². The van der Waals surface area contributed by atoms with E-state index in [-0.39, 0.29) is 12.5 Å². The van der Waals surface area contributed by atoms with Crippen LogP contribution in [0.2, 0.25) is 0 Å². The van der Waals surface area contributed by atoms with Gasteiger partial charge in [0.15, 0.2) is 6.61 Å². The van der Waals surface area contributed by atoms with Crippen LogP contribution in [0.3, 0.4) is 0 Å². The summed E-state index contributed by atoms with van der Waals surface area (Å²) in [5, 5.41) is 8.55. The van der Waals surface area contributed by atoms with Crippen molar-refractivity contribution < 1.29 is 14.1 Å². The number of thiophene rings is 1. The highest BCUT2D eigenvalue weighted by Crippen LogP contribution is 2.29. The predicted octanol–water partition coefficient (Wildman–Crippen LogP) is 4.59. The van der Waals surface area contributed by atoms with Crippen LogP contribution in [-0.4, -0.2) is 21.1 Å². The average molecular weight is 383 g/mol. The molecule has 0 N–H and O–H groups in total. The van der Waals surface area contributed by atoms with Crippen molar-refractivity contribution in [3.8, 4) is 22.6 Å². The largest absolute Gasteiger partial charge is 0.451 e. The van der Waals surface area contributed by atoms with Gasteiger partial charge >= 0.3 is 5.97 Å². The van der Waals surface area contributed by atoms with E-state index >= 15 is 0 Å². The number of ether oxygens (including phenoxy) is 1. The van der Waals surface area contributed by atoms with Crippen LogP contribution in [0.4, 0.5) is 0 Å². The lowest BCUT2D eigenvalue weighted by molar-refractivity contribution is 0.0436. The van der Waals surface area contributed by atoms with Gasteiger partial charge in [-0.3, -0.25) is 0 Å². The summed E-state index contributed by atoms with van der Waals surface area (Å²) >= 11 is 2.85. The van der Waals surface area contributed by atoms with E-state index in [1.165, 1.54) is 11.3 Å². The Morgan fingerprint density at radius 3 is 2.77 bits per heavy atom. The summed E-state index contributed by atoms with van der Waals surface area (Å²) < 4.78 is 10.5.